The number of carbonyl (C=O) groups is 1. The average Bonchev–Trinajstić information content (AvgIpc) is 2.93. The number of halogens is 5. The summed E-state index contributed by atoms with van der Waals surface area (Å²) in [6, 6.07) is 31.7. The van der Waals surface area contributed by atoms with Crippen LogP contribution in [0.5, 0.6) is 11.5 Å². The SMILES string of the molecule is BrCc1ccccc1.Brc1cccc(Br)c1OCc1ccccc1.C.O=CO[O-].Oc1c(Br)cccc1Br.[H-].[K+].[K+]. The summed E-state index contributed by atoms with van der Waals surface area (Å²) in [6.07, 6.45) is 0. The summed E-state index contributed by atoms with van der Waals surface area (Å²) in [5.74, 6) is 1.09. The maximum Gasteiger partial charge on any atom is 1.00 e. The third-order valence-electron chi connectivity index (χ3n) is 4.12. The van der Waals surface area contributed by atoms with Gasteiger partial charge in [-0.15, -0.1) is 0 Å². The van der Waals surface area contributed by atoms with Crippen molar-refractivity contribution in [1.82, 2.24) is 0 Å². The Morgan fingerprint density at radius 1 is 0.700 bits per heavy atom. The topological polar surface area (TPSA) is 78.8 Å². The quantitative estimate of drug-likeness (QED) is 0.109. The van der Waals surface area contributed by atoms with Gasteiger partial charge in [0.1, 0.15) is 18.1 Å². The van der Waals surface area contributed by atoms with E-state index in [0.717, 1.165) is 25.6 Å². The molecule has 4 aromatic rings. The first-order chi connectivity index (χ1) is 17.8. The van der Waals surface area contributed by atoms with Crippen LogP contribution in [-0.2, 0) is 21.6 Å². The fourth-order valence-corrected chi connectivity index (χ4v) is 5.01. The molecular formula is C28H27Br5K2O5. The Balaban J connectivity index is -0.000000238. The van der Waals surface area contributed by atoms with Gasteiger partial charge in [-0.05, 0) is 99.1 Å². The van der Waals surface area contributed by atoms with Gasteiger partial charge in [0.05, 0.1) is 17.9 Å². The number of hydrogen-bond acceptors (Lipinski definition) is 5. The van der Waals surface area contributed by atoms with E-state index in [4.69, 9.17) is 19.9 Å². The molecule has 0 saturated heterocycles. The number of rotatable bonds is 5. The summed E-state index contributed by atoms with van der Waals surface area (Å²) in [5, 5.41) is 18.5. The first-order valence-corrected chi connectivity index (χ1v) is 14.7. The zero-order chi connectivity index (χ0) is 27.5. The first kappa shape index (κ1) is 46.0. The molecule has 4 aromatic carbocycles. The van der Waals surface area contributed by atoms with Crippen LogP contribution >= 0.6 is 79.6 Å². The van der Waals surface area contributed by atoms with Crippen LogP contribution in [0.15, 0.2) is 115 Å². The van der Waals surface area contributed by atoms with Crippen LogP contribution in [0.25, 0.3) is 0 Å². The number of para-hydroxylation sites is 2. The number of carbonyl (C=O) groups excluding carboxylic acids is 1. The van der Waals surface area contributed by atoms with E-state index < -0.39 is 0 Å². The predicted octanol–water partition coefficient (Wildman–Crippen LogP) is 3.48. The summed E-state index contributed by atoms with van der Waals surface area (Å²) >= 11 is 16.6. The van der Waals surface area contributed by atoms with Crippen molar-refractivity contribution in [3.63, 3.8) is 0 Å². The van der Waals surface area contributed by atoms with Crippen LogP contribution in [0.4, 0.5) is 0 Å². The minimum absolute atomic E-state index is 0. The van der Waals surface area contributed by atoms with Gasteiger partial charge in [0.15, 0.2) is 0 Å². The average molecular weight is 921 g/mol. The third-order valence-corrected chi connectivity index (χ3v) is 7.30. The zero-order valence-corrected chi connectivity index (χ0v) is 35.4. The molecule has 0 radical (unpaired) electrons. The van der Waals surface area contributed by atoms with Gasteiger partial charge in [-0.1, -0.05) is 96.2 Å². The van der Waals surface area contributed by atoms with Crippen LogP contribution in [0.2, 0.25) is 0 Å². The molecule has 0 aliphatic heterocycles. The second-order valence-electron chi connectivity index (χ2n) is 6.71. The standard InChI is InChI=1S/C13H10Br2O.C7H7Br.C6H4Br2O.CH2O3.CH4.2K.H/c14-11-7-4-8-12(15)13(11)16-9-10-5-2-1-3-6-10;8-6-7-4-2-1-3-5-7;7-4-2-1-3-5(8)6(4)9;2-1-4-3;;;;/h1-8H,9H2;1-5H,6H2;1-3,9H;1,3H;1H4;;;/q;;;;;2*+1;-1/p-1. The van der Waals surface area contributed by atoms with Crippen molar-refractivity contribution in [2.24, 2.45) is 0 Å². The van der Waals surface area contributed by atoms with E-state index in [1.807, 2.05) is 72.8 Å². The molecule has 1 N–H and O–H groups in total. The number of phenols is 1. The number of aromatic hydroxyl groups is 1. The van der Waals surface area contributed by atoms with E-state index in [1.54, 1.807) is 12.1 Å². The summed E-state index contributed by atoms with van der Waals surface area (Å²) < 4.78 is 9.08. The summed E-state index contributed by atoms with van der Waals surface area (Å²) in [5.41, 5.74) is 2.48. The van der Waals surface area contributed by atoms with Crippen molar-refractivity contribution in [3.05, 3.63) is 126 Å². The maximum atomic E-state index is 9.11. The molecule has 206 valence electrons. The molecule has 0 bridgehead atoms. The molecule has 12 heteroatoms. The molecule has 0 aromatic heterocycles. The molecular weight excluding hydrogens is 894 g/mol. The zero-order valence-electron chi connectivity index (χ0n) is 22.2. The smallest absolute Gasteiger partial charge is 1.00 e. The Morgan fingerprint density at radius 2 is 1.07 bits per heavy atom. The Labute approximate surface area is 365 Å². The fraction of sp³-hybridized carbons (Fsp3) is 0.107. The number of phenolic OH excluding ortho intramolecular Hbond substituents is 1. The van der Waals surface area contributed by atoms with Crippen molar-refractivity contribution in [2.75, 3.05) is 0 Å². The van der Waals surface area contributed by atoms with Gasteiger partial charge >= 0.3 is 103 Å². The van der Waals surface area contributed by atoms with Crippen molar-refractivity contribution < 1.29 is 129 Å². The Morgan fingerprint density at radius 3 is 1.40 bits per heavy atom. The normalized spacial score (nSPS) is 8.55. The van der Waals surface area contributed by atoms with E-state index in [9.17, 15) is 0 Å². The van der Waals surface area contributed by atoms with Gasteiger partial charge < -0.3 is 21.4 Å². The van der Waals surface area contributed by atoms with Crippen LogP contribution in [0.3, 0.4) is 0 Å². The first-order valence-electron chi connectivity index (χ1n) is 10.4. The van der Waals surface area contributed by atoms with Gasteiger partial charge in [0, 0.05) is 5.33 Å². The molecule has 0 fully saturated rings. The maximum absolute atomic E-state index is 9.11. The van der Waals surface area contributed by atoms with Gasteiger partial charge in [-0.25, -0.2) is 0 Å². The van der Waals surface area contributed by atoms with Crippen molar-refractivity contribution in [2.45, 2.75) is 19.4 Å². The predicted molar refractivity (Wildman–Crippen MR) is 170 cm³/mol. The molecule has 40 heavy (non-hydrogen) atoms. The molecule has 0 aliphatic rings. The molecule has 0 amide bonds. The van der Waals surface area contributed by atoms with Crippen LogP contribution < -0.4 is 113 Å². The molecule has 0 saturated carbocycles. The van der Waals surface area contributed by atoms with E-state index in [-0.39, 0.29) is 124 Å². The molecule has 0 heterocycles. The van der Waals surface area contributed by atoms with E-state index in [2.05, 4.69) is 96.7 Å². The Kier molecular flexibility index (Phi) is 33.7. The van der Waals surface area contributed by atoms with Gasteiger partial charge in [0.25, 0.3) is 6.47 Å². The summed E-state index contributed by atoms with van der Waals surface area (Å²) in [4.78, 5) is 11.2. The van der Waals surface area contributed by atoms with E-state index >= 15 is 0 Å². The molecule has 0 atom stereocenters. The number of ether oxygens (including phenoxy) is 1. The fourth-order valence-electron chi connectivity index (χ4n) is 2.41. The number of benzene rings is 4. The molecule has 0 spiro atoms. The number of alkyl halides is 1. The third kappa shape index (κ3) is 20.5. The summed E-state index contributed by atoms with van der Waals surface area (Å²) in [6.45, 7) is 0.391. The molecule has 4 rings (SSSR count). The molecule has 0 aliphatic carbocycles. The van der Waals surface area contributed by atoms with Gasteiger partial charge in [-0.3, -0.25) is 4.79 Å². The van der Waals surface area contributed by atoms with Gasteiger partial charge in [-0.2, -0.15) is 0 Å². The van der Waals surface area contributed by atoms with Crippen LogP contribution in [-0.4, -0.2) is 11.6 Å². The second kappa shape index (κ2) is 29.3. The number of hydrogen-bond donors (Lipinski definition) is 1. The summed E-state index contributed by atoms with van der Waals surface area (Å²) in [7, 11) is 0. The van der Waals surface area contributed by atoms with E-state index in [1.165, 1.54) is 5.56 Å². The minimum atomic E-state index is -0.181. The molecule has 0 unspecified atom stereocenters. The Hall–Kier alpha value is 1.58. The van der Waals surface area contributed by atoms with Crippen molar-refractivity contribution in [1.29, 1.82) is 0 Å². The van der Waals surface area contributed by atoms with Crippen LogP contribution in [0.1, 0.15) is 20.0 Å². The van der Waals surface area contributed by atoms with Crippen LogP contribution in [0, 0.1) is 0 Å². The van der Waals surface area contributed by atoms with Crippen molar-refractivity contribution >= 4 is 86.1 Å². The Bertz CT molecular complexity index is 1160. The second-order valence-corrected chi connectivity index (χ2v) is 10.7. The van der Waals surface area contributed by atoms with Crippen molar-refractivity contribution in [3.8, 4) is 11.5 Å². The van der Waals surface area contributed by atoms with E-state index in [0.29, 0.717) is 15.6 Å². The molecule has 5 nitrogen and oxygen atoms in total. The van der Waals surface area contributed by atoms with Gasteiger partial charge in [0.2, 0.25) is 0 Å². The minimum Gasteiger partial charge on any atom is -1.00 e. The largest absolute Gasteiger partial charge is 1.00 e. The monoisotopic (exact) mass is 916 g/mol.